The maximum Gasteiger partial charge on any atom is 0.225 e. The van der Waals surface area contributed by atoms with E-state index in [1.165, 1.54) is 0 Å². The van der Waals surface area contributed by atoms with Crippen LogP contribution in [-0.4, -0.2) is 24.0 Å². The molecule has 86 valence electrons. The number of nitrogens with zero attached hydrogens (tertiary/aromatic N) is 2. The first-order valence-corrected chi connectivity index (χ1v) is 5.51. The van der Waals surface area contributed by atoms with Gasteiger partial charge in [-0.3, -0.25) is 9.69 Å². The van der Waals surface area contributed by atoms with Gasteiger partial charge in [-0.15, -0.1) is 0 Å². The molecule has 0 unspecified atom stereocenters. The van der Waals surface area contributed by atoms with Gasteiger partial charge in [0.05, 0.1) is 6.54 Å². The van der Waals surface area contributed by atoms with E-state index in [0.29, 0.717) is 30.6 Å². The first kappa shape index (κ1) is 10.9. The van der Waals surface area contributed by atoms with Gasteiger partial charge in [0.25, 0.3) is 0 Å². The van der Waals surface area contributed by atoms with E-state index in [0.717, 1.165) is 5.69 Å². The summed E-state index contributed by atoms with van der Waals surface area (Å²) < 4.78 is 5.48. The standard InChI is InChI=1S/C12H16N2O2/c1-8(2)10-4-5-11-12(13-10)14(9(3)15)6-7-16-11/h4-5,8H,6-7H2,1-3H3. The van der Waals surface area contributed by atoms with E-state index in [1.807, 2.05) is 12.1 Å². The third kappa shape index (κ3) is 1.87. The second-order valence-corrected chi connectivity index (χ2v) is 4.23. The molecule has 0 spiro atoms. The molecule has 0 saturated heterocycles. The van der Waals surface area contributed by atoms with Crippen LogP contribution in [0.2, 0.25) is 0 Å². The van der Waals surface area contributed by atoms with Gasteiger partial charge in [-0.2, -0.15) is 0 Å². The molecule has 1 aliphatic heterocycles. The number of amides is 1. The van der Waals surface area contributed by atoms with Crippen molar-refractivity contribution in [1.82, 2.24) is 4.98 Å². The van der Waals surface area contributed by atoms with Crippen molar-refractivity contribution in [2.45, 2.75) is 26.7 Å². The van der Waals surface area contributed by atoms with Crippen LogP contribution in [0, 0.1) is 0 Å². The second kappa shape index (κ2) is 4.12. The van der Waals surface area contributed by atoms with Gasteiger partial charge >= 0.3 is 0 Å². The Balaban J connectivity index is 2.44. The summed E-state index contributed by atoms with van der Waals surface area (Å²) in [5.41, 5.74) is 0.982. The summed E-state index contributed by atoms with van der Waals surface area (Å²) in [7, 11) is 0. The van der Waals surface area contributed by atoms with Gasteiger partial charge in [-0.05, 0) is 18.1 Å². The van der Waals surface area contributed by atoms with Crippen LogP contribution in [0.1, 0.15) is 32.4 Å². The van der Waals surface area contributed by atoms with Gasteiger partial charge in [-0.25, -0.2) is 4.98 Å². The first-order chi connectivity index (χ1) is 7.59. The predicted octanol–water partition coefficient (Wildman–Crippen LogP) is 1.95. The van der Waals surface area contributed by atoms with Crippen molar-refractivity contribution in [3.05, 3.63) is 17.8 Å². The Kier molecular flexibility index (Phi) is 2.81. The van der Waals surface area contributed by atoms with Gasteiger partial charge in [0.1, 0.15) is 6.61 Å². The number of hydrogen-bond acceptors (Lipinski definition) is 3. The third-order valence-electron chi connectivity index (χ3n) is 2.66. The summed E-state index contributed by atoms with van der Waals surface area (Å²) in [5.74, 6) is 1.72. The van der Waals surface area contributed by atoms with E-state index in [4.69, 9.17) is 4.74 Å². The van der Waals surface area contributed by atoms with Crippen molar-refractivity contribution < 1.29 is 9.53 Å². The Morgan fingerprint density at radius 2 is 2.25 bits per heavy atom. The van der Waals surface area contributed by atoms with Crippen molar-refractivity contribution in [2.24, 2.45) is 0 Å². The largest absolute Gasteiger partial charge is 0.488 e. The highest BCUT2D eigenvalue weighted by Crippen LogP contribution is 2.31. The zero-order valence-electron chi connectivity index (χ0n) is 9.86. The quantitative estimate of drug-likeness (QED) is 0.726. The van der Waals surface area contributed by atoms with E-state index in [-0.39, 0.29) is 5.91 Å². The van der Waals surface area contributed by atoms with E-state index in [1.54, 1.807) is 11.8 Å². The number of aromatic nitrogens is 1. The number of ether oxygens (including phenoxy) is 1. The van der Waals surface area contributed by atoms with E-state index in [2.05, 4.69) is 18.8 Å². The van der Waals surface area contributed by atoms with Crippen molar-refractivity contribution >= 4 is 11.7 Å². The molecule has 4 heteroatoms. The highest BCUT2D eigenvalue weighted by Gasteiger charge is 2.23. The van der Waals surface area contributed by atoms with Crippen LogP contribution in [0.4, 0.5) is 5.82 Å². The van der Waals surface area contributed by atoms with Crippen molar-refractivity contribution in [2.75, 3.05) is 18.1 Å². The molecule has 1 aromatic rings. The molecular formula is C12H16N2O2. The van der Waals surface area contributed by atoms with Crippen molar-refractivity contribution in [1.29, 1.82) is 0 Å². The summed E-state index contributed by atoms with van der Waals surface area (Å²) in [6.45, 7) is 6.83. The van der Waals surface area contributed by atoms with Crippen LogP contribution in [0.25, 0.3) is 0 Å². The average Bonchev–Trinajstić information content (AvgIpc) is 2.27. The maximum atomic E-state index is 11.5. The van der Waals surface area contributed by atoms with Crippen LogP contribution in [0.15, 0.2) is 12.1 Å². The lowest BCUT2D eigenvalue weighted by atomic mass is 10.1. The smallest absolute Gasteiger partial charge is 0.225 e. The topological polar surface area (TPSA) is 42.4 Å². The molecule has 4 nitrogen and oxygen atoms in total. The molecule has 0 atom stereocenters. The molecule has 0 aliphatic carbocycles. The molecule has 0 N–H and O–H groups in total. The lowest BCUT2D eigenvalue weighted by Crippen LogP contribution is -2.37. The van der Waals surface area contributed by atoms with E-state index >= 15 is 0 Å². The lowest BCUT2D eigenvalue weighted by molar-refractivity contribution is -0.116. The SMILES string of the molecule is CC(=O)N1CCOc2ccc(C(C)C)nc21. The maximum absolute atomic E-state index is 11.5. The zero-order valence-corrected chi connectivity index (χ0v) is 9.86. The van der Waals surface area contributed by atoms with Gasteiger partial charge in [0.15, 0.2) is 11.6 Å². The lowest BCUT2D eigenvalue weighted by Gasteiger charge is -2.28. The molecule has 1 amide bonds. The predicted molar refractivity (Wildman–Crippen MR) is 61.8 cm³/mol. The van der Waals surface area contributed by atoms with E-state index in [9.17, 15) is 4.79 Å². The number of hydrogen-bond donors (Lipinski definition) is 0. The first-order valence-electron chi connectivity index (χ1n) is 5.51. The molecule has 0 fully saturated rings. The average molecular weight is 220 g/mol. The van der Waals surface area contributed by atoms with Crippen molar-refractivity contribution in [3.8, 4) is 5.75 Å². The van der Waals surface area contributed by atoms with Crippen LogP contribution in [-0.2, 0) is 4.79 Å². The molecule has 16 heavy (non-hydrogen) atoms. The molecule has 0 radical (unpaired) electrons. The molecule has 2 rings (SSSR count). The Morgan fingerprint density at radius 3 is 2.88 bits per heavy atom. The Bertz CT molecular complexity index is 415. The van der Waals surface area contributed by atoms with Crippen LogP contribution < -0.4 is 9.64 Å². The van der Waals surface area contributed by atoms with Gasteiger partial charge in [0.2, 0.25) is 5.91 Å². The number of rotatable bonds is 1. The molecule has 1 aromatic heterocycles. The zero-order chi connectivity index (χ0) is 11.7. The Hall–Kier alpha value is -1.58. The van der Waals surface area contributed by atoms with Crippen LogP contribution in [0.5, 0.6) is 5.75 Å². The van der Waals surface area contributed by atoms with E-state index < -0.39 is 0 Å². The summed E-state index contributed by atoms with van der Waals surface area (Å²) in [6.07, 6.45) is 0. The Morgan fingerprint density at radius 1 is 1.50 bits per heavy atom. The van der Waals surface area contributed by atoms with Gasteiger partial charge in [0, 0.05) is 12.6 Å². The summed E-state index contributed by atoms with van der Waals surface area (Å²) >= 11 is 0. The highest BCUT2D eigenvalue weighted by atomic mass is 16.5. The monoisotopic (exact) mass is 220 g/mol. The fourth-order valence-electron chi connectivity index (χ4n) is 1.74. The minimum absolute atomic E-state index is 0.0120. The van der Waals surface area contributed by atoms with Crippen molar-refractivity contribution in [3.63, 3.8) is 0 Å². The number of carbonyl (C=O) groups excluding carboxylic acids is 1. The minimum atomic E-state index is 0.0120. The second-order valence-electron chi connectivity index (χ2n) is 4.23. The summed E-state index contributed by atoms with van der Waals surface area (Å²) in [4.78, 5) is 17.6. The fourth-order valence-corrected chi connectivity index (χ4v) is 1.74. The number of anilines is 1. The normalized spacial score (nSPS) is 14.6. The molecular weight excluding hydrogens is 204 g/mol. The number of fused-ring (bicyclic) bond motifs is 1. The Labute approximate surface area is 95.2 Å². The molecule has 0 saturated carbocycles. The molecule has 0 aromatic carbocycles. The number of pyridine rings is 1. The third-order valence-corrected chi connectivity index (χ3v) is 2.66. The minimum Gasteiger partial charge on any atom is -0.488 e. The van der Waals surface area contributed by atoms with Gasteiger partial charge < -0.3 is 4.74 Å². The fraction of sp³-hybridized carbons (Fsp3) is 0.500. The molecule has 1 aliphatic rings. The summed E-state index contributed by atoms with van der Waals surface area (Å²) in [5, 5.41) is 0. The highest BCUT2D eigenvalue weighted by molar-refractivity contribution is 5.92. The number of carbonyl (C=O) groups is 1. The van der Waals surface area contributed by atoms with Gasteiger partial charge in [-0.1, -0.05) is 13.8 Å². The summed E-state index contributed by atoms with van der Waals surface area (Å²) in [6, 6.07) is 3.85. The molecule has 2 heterocycles. The van der Waals surface area contributed by atoms with Crippen LogP contribution in [0.3, 0.4) is 0 Å². The molecule has 0 bridgehead atoms. The van der Waals surface area contributed by atoms with Crippen LogP contribution >= 0.6 is 0 Å².